The van der Waals surface area contributed by atoms with Gasteiger partial charge in [0.25, 0.3) is 10.0 Å². The van der Waals surface area contributed by atoms with Gasteiger partial charge in [-0.05, 0) is 86.7 Å². The van der Waals surface area contributed by atoms with Gasteiger partial charge in [0.15, 0.2) is 0 Å². The first kappa shape index (κ1) is 23.5. The first-order chi connectivity index (χ1) is 16.1. The number of sulfonamides is 1. The number of nitrogens with zero attached hydrogens (tertiary/aromatic N) is 1. The predicted molar refractivity (Wildman–Crippen MR) is 134 cm³/mol. The second kappa shape index (κ2) is 9.30. The van der Waals surface area contributed by atoms with Crippen molar-refractivity contribution in [1.29, 1.82) is 0 Å². The summed E-state index contributed by atoms with van der Waals surface area (Å²) in [7, 11) is -3.76. The number of nitrogens with one attached hydrogen (secondary N) is 2. The van der Waals surface area contributed by atoms with Gasteiger partial charge in [0.1, 0.15) is 0 Å². The monoisotopic (exact) mass is 477 g/mol. The average Bonchev–Trinajstić information content (AvgIpc) is 2.78. The van der Waals surface area contributed by atoms with Crippen LogP contribution in [0.2, 0.25) is 0 Å². The van der Waals surface area contributed by atoms with E-state index in [0.29, 0.717) is 30.0 Å². The highest BCUT2D eigenvalue weighted by Gasteiger charge is 2.29. The van der Waals surface area contributed by atoms with Crippen LogP contribution in [-0.2, 0) is 26.0 Å². The lowest BCUT2D eigenvalue weighted by molar-refractivity contribution is -0.132. The topological polar surface area (TPSA) is 95.6 Å². The number of anilines is 3. The van der Waals surface area contributed by atoms with Crippen LogP contribution in [0.15, 0.2) is 65.6 Å². The number of benzene rings is 3. The third-order valence-electron chi connectivity index (χ3n) is 5.71. The summed E-state index contributed by atoms with van der Waals surface area (Å²) in [6.07, 6.45) is 1.43. The molecule has 0 radical (unpaired) electrons. The fourth-order valence-corrected chi connectivity index (χ4v) is 5.66. The molecule has 0 atom stereocenters. The molecule has 7 nitrogen and oxygen atoms in total. The van der Waals surface area contributed by atoms with Crippen molar-refractivity contribution in [3.8, 4) is 0 Å². The maximum absolute atomic E-state index is 13.3. The second-order valence-corrected chi connectivity index (χ2v) is 10.5. The molecule has 2 N–H and O–H groups in total. The molecule has 0 unspecified atom stereocenters. The van der Waals surface area contributed by atoms with Crippen molar-refractivity contribution in [2.24, 2.45) is 0 Å². The Morgan fingerprint density at radius 1 is 0.765 bits per heavy atom. The third-order valence-corrected chi connectivity index (χ3v) is 7.54. The molecule has 1 heterocycles. The van der Waals surface area contributed by atoms with Crippen molar-refractivity contribution in [3.63, 3.8) is 0 Å². The minimum atomic E-state index is -3.76. The quantitative estimate of drug-likeness (QED) is 0.547. The van der Waals surface area contributed by atoms with Crippen LogP contribution in [0, 0.1) is 20.8 Å². The standard InChI is InChI=1S/C26H27N3O4S/c1-17-6-10-23(11-7-17)34(32,33)29-12-4-5-20-8-9-21(16-24(20)29)27-25(30)26(31)28-22-14-18(2)13-19(3)15-22/h6-11,13-16H,4-5,12H2,1-3H3,(H,27,30)(H,28,31). The number of aryl methyl sites for hydroxylation is 4. The van der Waals surface area contributed by atoms with Crippen LogP contribution in [-0.4, -0.2) is 26.8 Å². The van der Waals surface area contributed by atoms with Gasteiger partial charge < -0.3 is 10.6 Å². The van der Waals surface area contributed by atoms with Crippen molar-refractivity contribution in [3.05, 3.63) is 82.9 Å². The summed E-state index contributed by atoms with van der Waals surface area (Å²) in [4.78, 5) is 25.2. The van der Waals surface area contributed by atoms with E-state index in [1.165, 1.54) is 4.31 Å². The zero-order valence-electron chi connectivity index (χ0n) is 19.4. The second-order valence-electron chi connectivity index (χ2n) is 8.62. The van der Waals surface area contributed by atoms with Crippen LogP contribution >= 0.6 is 0 Å². The van der Waals surface area contributed by atoms with Crippen LogP contribution in [0.3, 0.4) is 0 Å². The van der Waals surface area contributed by atoms with E-state index in [2.05, 4.69) is 10.6 Å². The zero-order chi connectivity index (χ0) is 24.5. The summed E-state index contributed by atoms with van der Waals surface area (Å²) in [5.41, 5.74) is 5.20. The Hall–Kier alpha value is -3.65. The molecule has 1 aliphatic heterocycles. The Labute approximate surface area is 199 Å². The SMILES string of the molecule is Cc1ccc(S(=O)(=O)N2CCCc3ccc(NC(=O)C(=O)Nc4cc(C)cc(C)c4)cc32)cc1. The van der Waals surface area contributed by atoms with Gasteiger partial charge in [-0.3, -0.25) is 13.9 Å². The van der Waals surface area contributed by atoms with E-state index in [1.54, 1.807) is 54.6 Å². The molecule has 0 saturated heterocycles. The van der Waals surface area contributed by atoms with Crippen molar-refractivity contribution >= 4 is 38.9 Å². The van der Waals surface area contributed by atoms with Gasteiger partial charge in [-0.15, -0.1) is 0 Å². The minimum Gasteiger partial charge on any atom is -0.318 e. The van der Waals surface area contributed by atoms with Gasteiger partial charge in [-0.2, -0.15) is 0 Å². The molecule has 3 aromatic rings. The molecular weight excluding hydrogens is 450 g/mol. The zero-order valence-corrected chi connectivity index (χ0v) is 20.2. The van der Waals surface area contributed by atoms with Gasteiger partial charge in [-0.1, -0.05) is 29.8 Å². The molecule has 2 amide bonds. The average molecular weight is 478 g/mol. The number of amides is 2. The molecular formula is C26H27N3O4S. The molecule has 1 aliphatic rings. The largest absolute Gasteiger partial charge is 0.318 e. The smallest absolute Gasteiger partial charge is 0.314 e. The number of carbonyl (C=O) groups is 2. The van der Waals surface area contributed by atoms with E-state index >= 15 is 0 Å². The van der Waals surface area contributed by atoms with E-state index < -0.39 is 21.8 Å². The predicted octanol–water partition coefficient (Wildman–Crippen LogP) is 4.33. The van der Waals surface area contributed by atoms with E-state index in [-0.39, 0.29) is 4.90 Å². The lowest BCUT2D eigenvalue weighted by Gasteiger charge is -2.31. The summed E-state index contributed by atoms with van der Waals surface area (Å²) in [5, 5.41) is 5.20. The van der Waals surface area contributed by atoms with Crippen molar-refractivity contribution in [2.75, 3.05) is 21.5 Å². The van der Waals surface area contributed by atoms with Gasteiger partial charge in [0.05, 0.1) is 10.6 Å². The molecule has 176 valence electrons. The van der Waals surface area contributed by atoms with Gasteiger partial charge >= 0.3 is 11.8 Å². The highest BCUT2D eigenvalue weighted by atomic mass is 32.2. The van der Waals surface area contributed by atoms with Gasteiger partial charge in [0.2, 0.25) is 0 Å². The highest BCUT2D eigenvalue weighted by Crippen LogP contribution is 2.34. The lowest BCUT2D eigenvalue weighted by atomic mass is 10.0. The normalized spacial score (nSPS) is 13.2. The Morgan fingerprint density at radius 2 is 1.38 bits per heavy atom. The van der Waals surface area contributed by atoms with E-state index in [9.17, 15) is 18.0 Å². The molecule has 34 heavy (non-hydrogen) atoms. The number of hydrogen-bond acceptors (Lipinski definition) is 4. The number of fused-ring (bicyclic) bond motifs is 1. The number of carbonyl (C=O) groups excluding carboxylic acids is 2. The molecule has 0 spiro atoms. The maximum atomic E-state index is 13.3. The van der Waals surface area contributed by atoms with E-state index in [1.807, 2.05) is 26.8 Å². The minimum absolute atomic E-state index is 0.216. The summed E-state index contributed by atoms with van der Waals surface area (Å²) < 4.78 is 28.0. The van der Waals surface area contributed by atoms with Crippen LogP contribution in [0.5, 0.6) is 0 Å². The van der Waals surface area contributed by atoms with Crippen molar-refractivity contribution < 1.29 is 18.0 Å². The van der Waals surface area contributed by atoms with Crippen molar-refractivity contribution in [2.45, 2.75) is 38.5 Å². The fourth-order valence-electron chi connectivity index (χ4n) is 4.13. The summed E-state index contributed by atoms with van der Waals surface area (Å²) >= 11 is 0. The Kier molecular flexibility index (Phi) is 6.43. The molecule has 0 aliphatic carbocycles. The van der Waals surface area contributed by atoms with Crippen LogP contribution < -0.4 is 14.9 Å². The van der Waals surface area contributed by atoms with Crippen LogP contribution in [0.4, 0.5) is 17.1 Å². The Balaban J connectivity index is 1.55. The van der Waals surface area contributed by atoms with Crippen molar-refractivity contribution in [1.82, 2.24) is 0 Å². The lowest BCUT2D eigenvalue weighted by Crippen LogP contribution is -2.35. The summed E-state index contributed by atoms with van der Waals surface area (Å²) in [5.74, 6) is -1.63. The van der Waals surface area contributed by atoms with E-state index in [4.69, 9.17) is 0 Å². The number of rotatable bonds is 4. The first-order valence-corrected chi connectivity index (χ1v) is 12.5. The number of hydrogen-bond donors (Lipinski definition) is 2. The fraction of sp³-hybridized carbons (Fsp3) is 0.231. The Morgan fingerprint density at radius 3 is 2.03 bits per heavy atom. The molecule has 4 rings (SSSR count). The molecule has 0 fully saturated rings. The molecule has 0 aromatic heterocycles. The Bertz CT molecular complexity index is 1350. The molecule has 8 heteroatoms. The third kappa shape index (κ3) is 4.97. The summed E-state index contributed by atoms with van der Waals surface area (Å²) in [6.45, 7) is 6.06. The van der Waals surface area contributed by atoms with Gasteiger partial charge in [0, 0.05) is 17.9 Å². The highest BCUT2D eigenvalue weighted by molar-refractivity contribution is 7.92. The maximum Gasteiger partial charge on any atom is 0.314 e. The molecule has 3 aromatic carbocycles. The van der Waals surface area contributed by atoms with E-state index in [0.717, 1.165) is 28.7 Å². The summed E-state index contributed by atoms with van der Waals surface area (Å²) in [6, 6.07) is 17.4. The molecule has 0 saturated carbocycles. The van der Waals surface area contributed by atoms with Gasteiger partial charge in [-0.25, -0.2) is 8.42 Å². The first-order valence-electron chi connectivity index (χ1n) is 11.1. The van der Waals surface area contributed by atoms with Crippen LogP contribution in [0.25, 0.3) is 0 Å². The van der Waals surface area contributed by atoms with Crippen LogP contribution in [0.1, 0.15) is 28.7 Å². The molecule has 0 bridgehead atoms.